The van der Waals surface area contributed by atoms with E-state index in [4.69, 9.17) is 4.52 Å². The Balaban J connectivity index is 1.83. The summed E-state index contributed by atoms with van der Waals surface area (Å²) < 4.78 is 6.52. The van der Waals surface area contributed by atoms with Crippen LogP contribution in [0.1, 0.15) is 48.9 Å². The van der Waals surface area contributed by atoms with Gasteiger partial charge in [-0.25, -0.2) is 0 Å². The first-order chi connectivity index (χ1) is 11.2. The van der Waals surface area contributed by atoms with Crippen molar-refractivity contribution in [3.8, 4) is 0 Å². The molecule has 2 rings (SSSR count). The Morgan fingerprint density at radius 2 is 2.04 bits per heavy atom. The molecule has 126 valence electrons. The molecule has 23 heavy (non-hydrogen) atoms. The second-order valence-electron chi connectivity index (χ2n) is 5.24. The van der Waals surface area contributed by atoms with E-state index >= 15 is 0 Å². The largest absolute Gasteiger partial charge is 0.359 e. The first-order valence-corrected chi connectivity index (χ1v) is 9.46. The number of nitrogens with zero attached hydrogens (tertiary/aromatic N) is 2. The van der Waals surface area contributed by atoms with Crippen molar-refractivity contribution in [1.82, 2.24) is 15.8 Å². The van der Waals surface area contributed by atoms with Gasteiger partial charge in [0.2, 0.25) is 0 Å². The van der Waals surface area contributed by atoms with E-state index in [2.05, 4.69) is 62.0 Å². The molecular formula is C16H23BrN4OS. The molecular weight excluding hydrogens is 376 g/mol. The third-order valence-electron chi connectivity index (χ3n) is 3.69. The van der Waals surface area contributed by atoms with Crippen LogP contribution in [-0.4, -0.2) is 18.2 Å². The molecule has 2 aromatic rings. The van der Waals surface area contributed by atoms with Crippen LogP contribution >= 0.6 is 27.3 Å². The number of halogens is 1. The Hall–Kier alpha value is -1.34. The molecule has 0 aliphatic carbocycles. The summed E-state index contributed by atoms with van der Waals surface area (Å²) in [6.45, 7) is 5.66. The maximum absolute atomic E-state index is 5.41. The van der Waals surface area contributed by atoms with Crippen LogP contribution in [0.25, 0.3) is 0 Å². The summed E-state index contributed by atoms with van der Waals surface area (Å²) in [7, 11) is 1.76. The second-order valence-corrected chi connectivity index (χ2v) is 7.15. The Morgan fingerprint density at radius 3 is 2.65 bits per heavy atom. The average molecular weight is 399 g/mol. The fourth-order valence-corrected chi connectivity index (χ4v) is 3.71. The van der Waals surface area contributed by atoms with Crippen molar-refractivity contribution in [3.63, 3.8) is 0 Å². The summed E-state index contributed by atoms with van der Waals surface area (Å²) in [6, 6.07) is 4.14. The van der Waals surface area contributed by atoms with E-state index in [1.165, 1.54) is 4.88 Å². The number of hydrogen-bond acceptors (Lipinski definition) is 4. The standard InChI is InChI=1S/C16H23BrN4OS/c1-4-11(5-2)15-7-13(22-21-15)8-19-16(18-3)20-9-14-6-12(17)10-23-14/h6-7,10-11H,4-5,8-9H2,1-3H3,(H2,18,19,20). The number of rotatable bonds is 7. The molecule has 0 radical (unpaired) electrons. The van der Waals surface area contributed by atoms with Gasteiger partial charge in [-0.2, -0.15) is 0 Å². The molecule has 0 atom stereocenters. The Kier molecular flexibility index (Phi) is 7.11. The van der Waals surface area contributed by atoms with Gasteiger partial charge in [0.1, 0.15) is 0 Å². The molecule has 0 aliphatic rings. The topological polar surface area (TPSA) is 62.5 Å². The highest BCUT2D eigenvalue weighted by Gasteiger charge is 2.13. The molecule has 0 saturated carbocycles. The number of nitrogens with one attached hydrogen (secondary N) is 2. The molecule has 0 unspecified atom stereocenters. The number of thiophene rings is 1. The Bertz CT molecular complexity index is 634. The quantitative estimate of drug-likeness (QED) is 0.539. The van der Waals surface area contributed by atoms with Crippen molar-refractivity contribution < 1.29 is 4.52 Å². The van der Waals surface area contributed by atoms with Gasteiger partial charge in [-0.05, 0) is 34.8 Å². The zero-order valence-corrected chi connectivity index (χ0v) is 16.1. The van der Waals surface area contributed by atoms with Crippen LogP contribution in [0.3, 0.4) is 0 Å². The fraction of sp³-hybridized carbons (Fsp3) is 0.500. The highest BCUT2D eigenvalue weighted by atomic mass is 79.9. The van der Waals surface area contributed by atoms with Crippen molar-refractivity contribution in [1.29, 1.82) is 0 Å². The third-order valence-corrected chi connectivity index (χ3v) is 5.38. The lowest BCUT2D eigenvalue weighted by molar-refractivity contribution is 0.368. The van der Waals surface area contributed by atoms with Gasteiger partial charge in [-0.15, -0.1) is 11.3 Å². The van der Waals surface area contributed by atoms with Gasteiger partial charge >= 0.3 is 0 Å². The van der Waals surface area contributed by atoms with Gasteiger partial charge in [0.25, 0.3) is 0 Å². The van der Waals surface area contributed by atoms with E-state index in [0.717, 1.165) is 41.3 Å². The van der Waals surface area contributed by atoms with E-state index in [1.54, 1.807) is 18.4 Å². The molecule has 0 saturated heterocycles. The molecule has 5 nitrogen and oxygen atoms in total. The van der Waals surface area contributed by atoms with E-state index in [-0.39, 0.29) is 0 Å². The average Bonchev–Trinajstić information content (AvgIpc) is 3.18. The van der Waals surface area contributed by atoms with E-state index in [9.17, 15) is 0 Å². The maximum Gasteiger partial charge on any atom is 0.191 e. The molecule has 0 bridgehead atoms. The molecule has 0 fully saturated rings. The van der Waals surface area contributed by atoms with E-state index in [0.29, 0.717) is 12.5 Å². The van der Waals surface area contributed by atoms with Crippen LogP contribution in [0.5, 0.6) is 0 Å². The molecule has 0 spiro atoms. The van der Waals surface area contributed by atoms with Crippen molar-refractivity contribution >= 4 is 33.2 Å². The summed E-state index contributed by atoms with van der Waals surface area (Å²) in [5, 5.41) is 12.8. The molecule has 0 aromatic carbocycles. The van der Waals surface area contributed by atoms with Crippen LogP contribution in [0.2, 0.25) is 0 Å². The van der Waals surface area contributed by atoms with Crippen LogP contribution < -0.4 is 10.6 Å². The monoisotopic (exact) mass is 398 g/mol. The maximum atomic E-state index is 5.41. The summed E-state index contributed by atoms with van der Waals surface area (Å²) in [4.78, 5) is 5.47. The van der Waals surface area contributed by atoms with Crippen LogP contribution in [0.4, 0.5) is 0 Å². The molecule has 2 N–H and O–H groups in total. The van der Waals surface area contributed by atoms with Gasteiger partial charge in [0.05, 0.1) is 18.8 Å². The lowest BCUT2D eigenvalue weighted by Gasteiger charge is -2.09. The minimum absolute atomic E-state index is 0.474. The molecule has 7 heteroatoms. The highest BCUT2D eigenvalue weighted by Crippen LogP contribution is 2.22. The van der Waals surface area contributed by atoms with Gasteiger partial charge < -0.3 is 15.2 Å². The fourth-order valence-electron chi connectivity index (χ4n) is 2.32. The SMILES string of the molecule is CCC(CC)c1cc(CNC(=NC)NCc2cc(Br)cs2)on1. The summed E-state index contributed by atoms with van der Waals surface area (Å²) in [5.74, 6) is 2.05. The summed E-state index contributed by atoms with van der Waals surface area (Å²) in [6.07, 6.45) is 2.16. The van der Waals surface area contributed by atoms with Crippen molar-refractivity contribution in [2.45, 2.75) is 45.7 Å². The third kappa shape index (κ3) is 5.35. The number of hydrogen-bond donors (Lipinski definition) is 2. The van der Waals surface area contributed by atoms with Crippen molar-refractivity contribution in [3.05, 3.63) is 38.3 Å². The molecule has 0 amide bonds. The summed E-state index contributed by atoms with van der Waals surface area (Å²) in [5.41, 5.74) is 1.04. The van der Waals surface area contributed by atoms with Crippen molar-refractivity contribution in [2.24, 2.45) is 4.99 Å². The number of aromatic nitrogens is 1. The number of guanidine groups is 1. The predicted molar refractivity (Wildman–Crippen MR) is 98.9 cm³/mol. The number of aliphatic imine (C=N–C) groups is 1. The first kappa shape index (κ1) is 18.0. The normalized spacial score (nSPS) is 12.0. The van der Waals surface area contributed by atoms with Gasteiger partial charge in [0, 0.05) is 33.8 Å². The zero-order chi connectivity index (χ0) is 16.7. The van der Waals surface area contributed by atoms with Crippen LogP contribution in [0, 0.1) is 0 Å². The van der Waals surface area contributed by atoms with Gasteiger partial charge in [-0.3, -0.25) is 4.99 Å². The lowest BCUT2D eigenvalue weighted by Crippen LogP contribution is -2.36. The van der Waals surface area contributed by atoms with Crippen LogP contribution in [0.15, 0.2) is 31.5 Å². The summed E-state index contributed by atoms with van der Waals surface area (Å²) >= 11 is 5.17. The van der Waals surface area contributed by atoms with Gasteiger partial charge in [0.15, 0.2) is 11.7 Å². The minimum atomic E-state index is 0.474. The van der Waals surface area contributed by atoms with E-state index < -0.39 is 0 Å². The van der Waals surface area contributed by atoms with E-state index in [1.807, 2.05) is 6.07 Å². The molecule has 0 aliphatic heterocycles. The Labute approximate surface area is 149 Å². The minimum Gasteiger partial charge on any atom is -0.359 e. The lowest BCUT2D eigenvalue weighted by atomic mass is 9.99. The smallest absolute Gasteiger partial charge is 0.191 e. The molecule has 2 aromatic heterocycles. The van der Waals surface area contributed by atoms with Crippen molar-refractivity contribution in [2.75, 3.05) is 7.05 Å². The first-order valence-electron chi connectivity index (χ1n) is 7.79. The predicted octanol–water partition coefficient (Wildman–Crippen LogP) is 4.27. The van der Waals surface area contributed by atoms with Gasteiger partial charge in [-0.1, -0.05) is 19.0 Å². The highest BCUT2D eigenvalue weighted by molar-refractivity contribution is 9.10. The second kappa shape index (κ2) is 9.08. The van der Waals surface area contributed by atoms with Crippen LogP contribution in [-0.2, 0) is 13.1 Å². The molecule has 2 heterocycles. The zero-order valence-electron chi connectivity index (χ0n) is 13.7. The Morgan fingerprint density at radius 1 is 1.30 bits per heavy atom.